The molecule has 1 aromatic carbocycles. The second-order valence-electron chi connectivity index (χ2n) is 4.32. The molecular formula is C14H16F2N2O2. The molecule has 2 rings (SSSR count). The average Bonchev–Trinajstić information content (AvgIpc) is 2.86. The van der Waals surface area contributed by atoms with Crippen LogP contribution in [0.4, 0.5) is 8.78 Å². The third-order valence-electron chi connectivity index (χ3n) is 2.60. The molecular weight excluding hydrogens is 266 g/mol. The summed E-state index contributed by atoms with van der Waals surface area (Å²) in [6, 6.07) is 4.89. The van der Waals surface area contributed by atoms with Crippen LogP contribution in [0.3, 0.4) is 0 Å². The fraction of sp³-hybridized carbons (Fsp3) is 0.357. The van der Waals surface area contributed by atoms with Crippen LogP contribution in [0.15, 0.2) is 28.8 Å². The summed E-state index contributed by atoms with van der Waals surface area (Å²) in [6.45, 7) is 3.64. The number of benzene rings is 1. The van der Waals surface area contributed by atoms with Gasteiger partial charge in [-0.05, 0) is 25.1 Å². The van der Waals surface area contributed by atoms with Crippen LogP contribution in [0.5, 0.6) is 5.75 Å². The Morgan fingerprint density at radius 3 is 2.90 bits per heavy atom. The first kappa shape index (κ1) is 14.5. The monoisotopic (exact) mass is 282 g/mol. The number of ether oxygens (including phenoxy) is 1. The van der Waals surface area contributed by atoms with E-state index < -0.39 is 11.6 Å². The Morgan fingerprint density at radius 2 is 2.15 bits per heavy atom. The summed E-state index contributed by atoms with van der Waals surface area (Å²) >= 11 is 0. The lowest BCUT2D eigenvalue weighted by Gasteiger charge is -2.04. The summed E-state index contributed by atoms with van der Waals surface area (Å²) in [6.07, 6.45) is 1.04. The molecule has 0 spiro atoms. The Labute approximate surface area is 115 Å². The maximum absolute atomic E-state index is 13.3. The fourth-order valence-electron chi connectivity index (χ4n) is 1.64. The zero-order valence-corrected chi connectivity index (χ0v) is 11.2. The number of hydrogen-bond acceptors (Lipinski definition) is 4. The molecule has 0 fully saturated rings. The molecule has 0 aliphatic heterocycles. The summed E-state index contributed by atoms with van der Waals surface area (Å²) in [5, 5.41) is 7.05. The third kappa shape index (κ3) is 4.03. The van der Waals surface area contributed by atoms with E-state index in [0.29, 0.717) is 12.3 Å². The van der Waals surface area contributed by atoms with Crippen molar-refractivity contribution in [3.8, 4) is 5.75 Å². The van der Waals surface area contributed by atoms with Crippen molar-refractivity contribution in [2.75, 3.05) is 6.54 Å². The second kappa shape index (κ2) is 7.00. The van der Waals surface area contributed by atoms with Crippen LogP contribution < -0.4 is 10.1 Å². The zero-order valence-electron chi connectivity index (χ0n) is 11.2. The molecule has 20 heavy (non-hydrogen) atoms. The highest BCUT2D eigenvalue weighted by molar-refractivity contribution is 5.24. The molecule has 0 amide bonds. The Kier molecular flexibility index (Phi) is 5.06. The zero-order chi connectivity index (χ0) is 14.4. The normalized spacial score (nSPS) is 10.8. The van der Waals surface area contributed by atoms with E-state index in [1.807, 2.05) is 0 Å². The van der Waals surface area contributed by atoms with E-state index in [1.165, 1.54) is 6.07 Å². The molecule has 6 heteroatoms. The van der Waals surface area contributed by atoms with Crippen LogP contribution in [0.2, 0.25) is 0 Å². The van der Waals surface area contributed by atoms with Gasteiger partial charge >= 0.3 is 0 Å². The molecule has 0 saturated carbocycles. The molecule has 4 nitrogen and oxygen atoms in total. The number of halogens is 2. The van der Waals surface area contributed by atoms with Crippen LogP contribution in [0.25, 0.3) is 0 Å². The van der Waals surface area contributed by atoms with Crippen LogP contribution in [0.1, 0.15) is 24.8 Å². The van der Waals surface area contributed by atoms with Gasteiger partial charge in [-0.25, -0.2) is 8.78 Å². The smallest absolute Gasteiger partial charge is 0.174 e. The van der Waals surface area contributed by atoms with Crippen LogP contribution >= 0.6 is 0 Å². The van der Waals surface area contributed by atoms with Gasteiger partial charge in [0.1, 0.15) is 12.4 Å². The number of nitrogens with zero attached hydrogens (tertiary/aromatic N) is 1. The molecule has 0 unspecified atom stereocenters. The topological polar surface area (TPSA) is 47.3 Å². The molecule has 0 atom stereocenters. The minimum Gasteiger partial charge on any atom is -0.482 e. The highest BCUT2D eigenvalue weighted by atomic mass is 19.1. The van der Waals surface area contributed by atoms with E-state index in [2.05, 4.69) is 17.4 Å². The first-order valence-electron chi connectivity index (χ1n) is 6.42. The molecule has 0 radical (unpaired) electrons. The van der Waals surface area contributed by atoms with E-state index in [0.717, 1.165) is 30.8 Å². The SMILES string of the molecule is CCCNCc1cc(COc2ccc(F)cc2F)on1. The lowest BCUT2D eigenvalue weighted by molar-refractivity contribution is 0.239. The van der Waals surface area contributed by atoms with Gasteiger partial charge in [0.25, 0.3) is 0 Å². The van der Waals surface area contributed by atoms with Crippen molar-refractivity contribution in [2.24, 2.45) is 0 Å². The summed E-state index contributed by atoms with van der Waals surface area (Å²) in [7, 11) is 0. The minimum atomic E-state index is -0.741. The van der Waals surface area contributed by atoms with Crippen molar-refractivity contribution in [1.82, 2.24) is 10.5 Å². The highest BCUT2D eigenvalue weighted by Gasteiger charge is 2.08. The maximum atomic E-state index is 13.3. The van der Waals surface area contributed by atoms with E-state index in [-0.39, 0.29) is 12.4 Å². The van der Waals surface area contributed by atoms with E-state index >= 15 is 0 Å². The molecule has 1 aromatic heterocycles. The van der Waals surface area contributed by atoms with Gasteiger partial charge < -0.3 is 14.6 Å². The van der Waals surface area contributed by atoms with Gasteiger partial charge in [0.15, 0.2) is 17.3 Å². The predicted molar refractivity (Wildman–Crippen MR) is 69.2 cm³/mol. The van der Waals surface area contributed by atoms with Crippen molar-refractivity contribution in [3.63, 3.8) is 0 Å². The van der Waals surface area contributed by atoms with E-state index in [4.69, 9.17) is 9.26 Å². The average molecular weight is 282 g/mol. The summed E-state index contributed by atoms with van der Waals surface area (Å²) in [4.78, 5) is 0. The van der Waals surface area contributed by atoms with Crippen molar-refractivity contribution < 1.29 is 18.0 Å². The molecule has 0 bridgehead atoms. The van der Waals surface area contributed by atoms with Crippen molar-refractivity contribution in [1.29, 1.82) is 0 Å². The van der Waals surface area contributed by atoms with Crippen LogP contribution in [-0.4, -0.2) is 11.7 Å². The van der Waals surface area contributed by atoms with Crippen LogP contribution in [-0.2, 0) is 13.2 Å². The highest BCUT2D eigenvalue weighted by Crippen LogP contribution is 2.19. The Morgan fingerprint density at radius 1 is 1.30 bits per heavy atom. The first-order chi connectivity index (χ1) is 9.69. The molecule has 2 aromatic rings. The van der Waals surface area contributed by atoms with Crippen molar-refractivity contribution in [2.45, 2.75) is 26.5 Å². The largest absolute Gasteiger partial charge is 0.482 e. The lowest BCUT2D eigenvalue weighted by Crippen LogP contribution is -2.13. The van der Waals surface area contributed by atoms with E-state index in [1.54, 1.807) is 6.07 Å². The van der Waals surface area contributed by atoms with Gasteiger partial charge in [0, 0.05) is 18.7 Å². The van der Waals surface area contributed by atoms with Gasteiger partial charge in [0.05, 0.1) is 5.69 Å². The number of hydrogen-bond donors (Lipinski definition) is 1. The Balaban J connectivity index is 1.87. The summed E-state index contributed by atoms with van der Waals surface area (Å²) in [5.41, 5.74) is 0.761. The fourth-order valence-corrected chi connectivity index (χ4v) is 1.64. The molecule has 1 N–H and O–H groups in total. The first-order valence-corrected chi connectivity index (χ1v) is 6.42. The Hall–Kier alpha value is -1.95. The van der Waals surface area contributed by atoms with Crippen LogP contribution in [0, 0.1) is 11.6 Å². The van der Waals surface area contributed by atoms with Gasteiger partial charge in [-0.1, -0.05) is 12.1 Å². The lowest BCUT2D eigenvalue weighted by atomic mass is 10.3. The third-order valence-corrected chi connectivity index (χ3v) is 2.60. The predicted octanol–water partition coefficient (Wildman–Crippen LogP) is 3.03. The minimum absolute atomic E-state index is 0.0199. The van der Waals surface area contributed by atoms with Gasteiger partial charge in [0.2, 0.25) is 0 Å². The molecule has 0 saturated heterocycles. The van der Waals surface area contributed by atoms with Gasteiger partial charge in [-0.15, -0.1) is 0 Å². The van der Waals surface area contributed by atoms with Crippen molar-refractivity contribution >= 4 is 0 Å². The number of aromatic nitrogens is 1. The van der Waals surface area contributed by atoms with Crippen molar-refractivity contribution in [3.05, 3.63) is 47.4 Å². The Bertz CT molecular complexity index is 558. The van der Waals surface area contributed by atoms with E-state index in [9.17, 15) is 8.78 Å². The second-order valence-corrected chi connectivity index (χ2v) is 4.32. The van der Waals surface area contributed by atoms with Gasteiger partial charge in [-0.2, -0.15) is 0 Å². The molecule has 0 aliphatic carbocycles. The standard InChI is InChI=1S/C14H16F2N2O2/c1-2-5-17-8-11-7-12(20-18-11)9-19-14-4-3-10(15)6-13(14)16/h3-4,6-7,17H,2,5,8-9H2,1H3. The summed E-state index contributed by atoms with van der Waals surface area (Å²) < 4.78 is 36.4. The maximum Gasteiger partial charge on any atom is 0.174 e. The number of nitrogens with one attached hydrogen (secondary N) is 1. The molecule has 108 valence electrons. The molecule has 0 aliphatic rings. The quantitative estimate of drug-likeness (QED) is 0.793. The summed E-state index contributed by atoms with van der Waals surface area (Å²) in [5.74, 6) is -0.913. The molecule has 1 heterocycles. The number of rotatable bonds is 7. The van der Waals surface area contributed by atoms with Gasteiger partial charge in [-0.3, -0.25) is 0 Å².